The van der Waals surface area contributed by atoms with Gasteiger partial charge in [0.2, 0.25) is 5.89 Å². The summed E-state index contributed by atoms with van der Waals surface area (Å²) in [5.41, 5.74) is 7.73. The highest BCUT2D eigenvalue weighted by Gasteiger charge is 2.19. The Morgan fingerprint density at radius 3 is 2.86 bits per heavy atom. The molecular formula is C19H16F2N6O2. The Morgan fingerprint density at radius 1 is 1.31 bits per heavy atom. The average Bonchev–Trinajstić information content (AvgIpc) is 3.37. The van der Waals surface area contributed by atoms with E-state index >= 15 is 0 Å². The van der Waals surface area contributed by atoms with E-state index in [0.29, 0.717) is 27.9 Å². The standard InChI is InChI=1S/C19H16F2N6O2/c1-10-14(18-23-6-8-29-18)26-16(22)15(25-10)17(28)24-9-11-3-2-4-13-12(11)5-7-27(13)19(20)21/h2-8,19H,9H2,1H3,(H2,22,26)(H,24,28). The van der Waals surface area contributed by atoms with E-state index in [1.165, 1.54) is 18.7 Å². The Kier molecular flexibility index (Phi) is 4.67. The number of nitrogens with two attached hydrogens (primary N) is 1. The predicted molar refractivity (Wildman–Crippen MR) is 101 cm³/mol. The van der Waals surface area contributed by atoms with Crippen LogP contribution in [0.1, 0.15) is 28.3 Å². The van der Waals surface area contributed by atoms with Gasteiger partial charge in [-0.15, -0.1) is 0 Å². The van der Waals surface area contributed by atoms with Crippen LogP contribution in [0, 0.1) is 6.92 Å². The second-order valence-electron chi connectivity index (χ2n) is 6.26. The molecule has 0 spiro atoms. The van der Waals surface area contributed by atoms with Crippen molar-refractivity contribution in [2.75, 3.05) is 5.73 Å². The Morgan fingerprint density at radius 2 is 2.14 bits per heavy atom. The van der Waals surface area contributed by atoms with Gasteiger partial charge < -0.3 is 15.5 Å². The summed E-state index contributed by atoms with van der Waals surface area (Å²) in [6.45, 7) is -0.862. The lowest BCUT2D eigenvalue weighted by Gasteiger charge is -2.10. The predicted octanol–water partition coefficient (Wildman–Crippen LogP) is 3.30. The van der Waals surface area contributed by atoms with E-state index in [0.717, 1.165) is 4.57 Å². The number of nitrogens with zero attached hydrogens (tertiary/aromatic N) is 4. The van der Waals surface area contributed by atoms with Gasteiger partial charge in [-0.3, -0.25) is 9.36 Å². The zero-order valence-electron chi connectivity index (χ0n) is 15.3. The van der Waals surface area contributed by atoms with Crippen LogP contribution < -0.4 is 11.1 Å². The number of amides is 1. The number of hydrogen-bond donors (Lipinski definition) is 2. The lowest BCUT2D eigenvalue weighted by Crippen LogP contribution is -2.26. The van der Waals surface area contributed by atoms with Gasteiger partial charge in [-0.2, -0.15) is 8.78 Å². The minimum atomic E-state index is -2.64. The van der Waals surface area contributed by atoms with Gasteiger partial charge >= 0.3 is 6.55 Å². The molecule has 1 aromatic carbocycles. The molecule has 3 N–H and O–H groups in total. The van der Waals surface area contributed by atoms with Crippen LogP contribution in [0.2, 0.25) is 0 Å². The van der Waals surface area contributed by atoms with Crippen LogP contribution in [0.5, 0.6) is 0 Å². The molecule has 0 atom stereocenters. The highest BCUT2D eigenvalue weighted by molar-refractivity contribution is 5.97. The van der Waals surface area contributed by atoms with Gasteiger partial charge in [0, 0.05) is 18.1 Å². The summed E-state index contributed by atoms with van der Waals surface area (Å²) in [5.74, 6) is -0.338. The van der Waals surface area contributed by atoms with Gasteiger partial charge in [0.1, 0.15) is 12.0 Å². The van der Waals surface area contributed by atoms with Crippen LogP contribution in [-0.2, 0) is 6.54 Å². The number of aromatic nitrogens is 4. The molecule has 0 aliphatic carbocycles. The van der Waals surface area contributed by atoms with Crippen LogP contribution in [0.4, 0.5) is 14.6 Å². The first-order valence-corrected chi connectivity index (χ1v) is 8.64. The Hall–Kier alpha value is -3.82. The molecule has 0 fully saturated rings. The van der Waals surface area contributed by atoms with Crippen molar-refractivity contribution in [1.29, 1.82) is 0 Å². The fraction of sp³-hybridized carbons (Fsp3) is 0.158. The molecule has 29 heavy (non-hydrogen) atoms. The van der Waals surface area contributed by atoms with E-state index in [2.05, 4.69) is 20.3 Å². The first kappa shape index (κ1) is 18.5. The zero-order chi connectivity index (χ0) is 20.5. The van der Waals surface area contributed by atoms with E-state index in [4.69, 9.17) is 10.2 Å². The summed E-state index contributed by atoms with van der Waals surface area (Å²) in [6, 6.07) is 6.60. The van der Waals surface area contributed by atoms with E-state index in [9.17, 15) is 13.6 Å². The maximum atomic E-state index is 13.1. The van der Waals surface area contributed by atoms with Crippen LogP contribution in [0.3, 0.4) is 0 Å². The van der Waals surface area contributed by atoms with E-state index in [-0.39, 0.29) is 23.9 Å². The number of benzene rings is 1. The summed E-state index contributed by atoms with van der Waals surface area (Å²) in [5, 5.41) is 3.34. The smallest absolute Gasteiger partial charge is 0.319 e. The molecule has 0 radical (unpaired) electrons. The van der Waals surface area contributed by atoms with Crippen molar-refractivity contribution < 1.29 is 18.0 Å². The minimum absolute atomic E-state index is 0.0323. The maximum Gasteiger partial charge on any atom is 0.319 e. The highest BCUT2D eigenvalue weighted by Crippen LogP contribution is 2.25. The third kappa shape index (κ3) is 3.40. The molecule has 4 rings (SSSR count). The van der Waals surface area contributed by atoms with Crippen LogP contribution in [-0.4, -0.2) is 25.4 Å². The van der Waals surface area contributed by atoms with Crippen molar-refractivity contribution in [3.63, 3.8) is 0 Å². The van der Waals surface area contributed by atoms with Crippen molar-refractivity contribution >= 4 is 22.6 Å². The SMILES string of the molecule is Cc1nc(C(=O)NCc2cccc3c2ccn3C(F)F)c(N)nc1-c1ncco1. The van der Waals surface area contributed by atoms with Crippen molar-refractivity contribution in [3.8, 4) is 11.6 Å². The quantitative estimate of drug-likeness (QED) is 0.533. The van der Waals surface area contributed by atoms with E-state index < -0.39 is 12.5 Å². The molecule has 0 saturated heterocycles. The van der Waals surface area contributed by atoms with Gasteiger partial charge in [0.25, 0.3) is 5.91 Å². The monoisotopic (exact) mass is 398 g/mol. The number of fused-ring (bicyclic) bond motifs is 1. The van der Waals surface area contributed by atoms with Crippen LogP contribution in [0.25, 0.3) is 22.5 Å². The molecule has 3 aromatic heterocycles. The molecule has 0 aliphatic rings. The molecule has 10 heteroatoms. The Balaban J connectivity index is 1.56. The number of carbonyl (C=O) groups excluding carboxylic acids is 1. The molecule has 1 amide bonds. The molecular weight excluding hydrogens is 382 g/mol. The second-order valence-corrected chi connectivity index (χ2v) is 6.26. The highest BCUT2D eigenvalue weighted by atomic mass is 19.3. The summed E-state index contributed by atoms with van der Waals surface area (Å²) >= 11 is 0. The van der Waals surface area contributed by atoms with Crippen LogP contribution in [0.15, 0.2) is 47.3 Å². The molecule has 0 aliphatic heterocycles. The maximum absolute atomic E-state index is 13.1. The number of carbonyl (C=O) groups is 1. The Bertz CT molecular complexity index is 1190. The number of alkyl halides is 2. The zero-order valence-corrected chi connectivity index (χ0v) is 15.3. The normalized spacial score (nSPS) is 11.3. The average molecular weight is 398 g/mol. The second kappa shape index (κ2) is 7.30. The van der Waals surface area contributed by atoms with E-state index in [1.807, 2.05) is 0 Å². The van der Waals surface area contributed by atoms with Crippen molar-refractivity contribution in [1.82, 2.24) is 24.8 Å². The summed E-state index contributed by atoms with van der Waals surface area (Å²) < 4.78 is 32.2. The minimum Gasteiger partial charge on any atom is -0.443 e. The fourth-order valence-electron chi connectivity index (χ4n) is 3.08. The largest absolute Gasteiger partial charge is 0.443 e. The molecule has 148 valence electrons. The molecule has 0 unspecified atom stereocenters. The van der Waals surface area contributed by atoms with Crippen LogP contribution >= 0.6 is 0 Å². The number of hydrogen-bond acceptors (Lipinski definition) is 6. The molecule has 8 nitrogen and oxygen atoms in total. The summed E-state index contributed by atoms with van der Waals surface area (Å²) in [4.78, 5) is 25.0. The van der Waals surface area contributed by atoms with Gasteiger partial charge in [-0.05, 0) is 24.6 Å². The lowest BCUT2D eigenvalue weighted by molar-refractivity contribution is 0.0752. The van der Waals surface area contributed by atoms with Gasteiger partial charge in [-0.25, -0.2) is 15.0 Å². The molecule has 3 heterocycles. The third-order valence-corrected chi connectivity index (χ3v) is 4.45. The summed E-state index contributed by atoms with van der Waals surface area (Å²) in [6.07, 6.45) is 4.18. The first-order valence-electron chi connectivity index (χ1n) is 8.64. The first-order chi connectivity index (χ1) is 14.0. The van der Waals surface area contributed by atoms with Gasteiger partial charge in [0.05, 0.1) is 17.4 Å². The van der Waals surface area contributed by atoms with Gasteiger partial charge in [-0.1, -0.05) is 12.1 Å². The molecule has 0 bridgehead atoms. The van der Waals surface area contributed by atoms with E-state index in [1.54, 1.807) is 31.2 Å². The van der Waals surface area contributed by atoms with Gasteiger partial charge in [0.15, 0.2) is 11.5 Å². The number of oxazole rings is 1. The number of anilines is 1. The topological polar surface area (TPSA) is 112 Å². The number of nitrogens with one attached hydrogen (secondary N) is 1. The Labute approximate surface area is 163 Å². The summed E-state index contributed by atoms with van der Waals surface area (Å²) in [7, 11) is 0. The number of rotatable bonds is 5. The number of nitrogen functional groups attached to an aromatic ring is 1. The molecule has 0 saturated carbocycles. The third-order valence-electron chi connectivity index (χ3n) is 4.45. The fourth-order valence-corrected chi connectivity index (χ4v) is 3.08. The van der Waals surface area contributed by atoms with Crippen molar-refractivity contribution in [2.24, 2.45) is 0 Å². The number of halogens is 2. The lowest BCUT2D eigenvalue weighted by atomic mass is 10.1. The van der Waals surface area contributed by atoms with Crippen molar-refractivity contribution in [2.45, 2.75) is 20.0 Å². The number of aryl methyl sites for hydroxylation is 1. The molecule has 4 aromatic rings. The van der Waals surface area contributed by atoms with Crippen molar-refractivity contribution in [3.05, 3.63) is 59.9 Å².